The highest BCUT2D eigenvalue weighted by Gasteiger charge is 2.05. The summed E-state index contributed by atoms with van der Waals surface area (Å²) in [6.07, 6.45) is 0. The maximum atomic E-state index is 4.98. The number of ether oxygens (including phenoxy) is 1. The van der Waals surface area contributed by atoms with Crippen molar-refractivity contribution in [3.8, 4) is 0 Å². The molecule has 0 spiro atoms. The lowest BCUT2D eigenvalue weighted by Gasteiger charge is -2.15. The molecule has 0 amide bonds. The SMILES string of the molecule is COCCNCCN(C)Cc1cc(C)c(Br)s1. The lowest BCUT2D eigenvalue weighted by Crippen LogP contribution is -2.30. The molecule has 17 heavy (non-hydrogen) atoms. The maximum absolute atomic E-state index is 4.98. The van der Waals surface area contributed by atoms with Crippen LogP contribution in [0.5, 0.6) is 0 Å². The van der Waals surface area contributed by atoms with Gasteiger partial charge in [0.05, 0.1) is 10.4 Å². The minimum Gasteiger partial charge on any atom is -0.383 e. The molecule has 1 aromatic rings. The zero-order valence-corrected chi connectivity index (χ0v) is 13.2. The molecule has 0 radical (unpaired) electrons. The highest BCUT2D eigenvalue weighted by Crippen LogP contribution is 2.27. The molecule has 0 aliphatic heterocycles. The first-order valence-electron chi connectivity index (χ1n) is 5.76. The zero-order valence-electron chi connectivity index (χ0n) is 10.8. The van der Waals surface area contributed by atoms with Gasteiger partial charge in [-0.05, 0) is 41.5 Å². The number of nitrogens with one attached hydrogen (secondary N) is 1. The van der Waals surface area contributed by atoms with Crippen LogP contribution in [0.15, 0.2) is 9.85 Å². The molecule has 0 aliphatic rings. The average molecular weight is 321 g/mol. The quantitative estimate of drug-likeness (QED) is 0.745. The second kappa shape index (κ2) is 8.21. The van der Waals surface area contributed by atoms with Gasteiger partial charge in [-0.25, -0.2) is 0 Å². The highest BCUT2D eigenvalue weighted by atomic mass is 79.9. The van der Waals surface area contributed by atoms with E-state index in [0.29, 0.717) is 0 Å². The number of aryl methyl sites for hydroxylation is 1. The summed E-state index contributed by atoms with van der Waals surface area (Å²) in [7, 11) is 3.88. The molecule has 5 heteroatoms. The van der Waals surface area contributed by atoms with E-state index in [9.17, 15) is 0 Å². The summed E-state index contributed by atoms with van der Waals surface area (Å²) in [5, 5.41) is 3.35. The number of rotatable bonds is 8. The van der Waals surface area contributed by atoms with Crippen LogP contribution < -0.4 is 5.32 Å². The molecule has 0 saturated carbocycles. The Morgan fingerprint density at radius 2 is 2.24 bits per heavy atom. The Hall–Kier alpha value is 0.0600. The van der Waals surface area contributed by atoms with E-state index in [1.54, 1.807) is 7.11 Å². The van der Waals surface area contributed by atoms with E-state index in [4.69, 9.17) is 4.74 Å². The van der Waals surface area contributed by atoms with Gasteiger partial charge in [-0.3, -0.25) is 0 Å². The van der Waals surface area contributed by atoms with E-state index in [0.717, 1.165) is 32.8 Å². The second-order valence-corrected chi connectivity index (χ2v) is 6.60. The van der Waals surface area contributed by atoms with Crippen molar-refractivity contribution < 1.29 is 4.74 Å². The van der Waals surface area contributed by atoms with Crippen LogP contribution in [0.1, 0.15) is 10.4 Å². The first kappa shape index (κ1) is 15.1. The number of likely N-dealkylation sites (N-methyl/N-ethyl adjacent to an activating group) is 1. The average Bonchev–Trinajstić information content (AvgIpc) is 2.57. The lowest BCUT2D eigenvalue weighted by atomic mass is 10.3. The third kappa shape index (κ3) is 5.97. The molecule has 1 N–H and O–H groups in total. The monoisotopic (exact) mass is 320 g/mol. The number of thiophene rings is 1. The molecule has 0 fully saturated rings. The van der Waals surface area contributed by atoms with Crippen molar-refractivity contribution in [1.82, 2.24) is 10.2 Å². The fraction of sp³-hybridized carbons (Fsp3) is 0.667. The molecule has 1 rings (SSSR count). The van der Waals surface area contributed by atoms with Gasteiger partial charge in [-0.2, -0.15) is 0 Å². The fourth-order valence-corrected chi connectivity index (χ4v) is 3.22. The molecule has 0 aromatic carbocycles. The minimum absolute atomic E-state index is 0.779. The normalized spacial score (nSPS) is 11.4. The van der Waals surface area contributed by atoms with Crippen molar-refractivity contribution >= 4 is 27.3 Å². The standard InChI is InChI=1S/C12H21BrN2OS/c1-10-8-11(17-12(10)13)9-15(2)6-4-14-5-7-16-3/h8,14H,4-7,9H2,1-3H3. The Labute approximate surface area is 116 Å². The van der Waals surface area contributed by atoms with Gasteiger partial charge >= 0.3 is 0 Å². The Bertz CT molecular complexity index is 311. The zero-order chi connectivity index (χ0) is 12.7. The number of hydrogen-bond donors (Lipinski definition) is 1. The number of methoxy groups -OCH3 is 1. The predicted octanol–water partition coefficient (Wildman–Crippen LogP) is 2.49. The third-order valence-electron chi connectivity index (χ3n) is 2.49. The van der Waals surface area contributed by atoms with Gasteiger partial charge in [0, 0.05) is 38.2 Å². The number of hydrogen-bond acceptors (Lipinski definition) is 4. The van der Waals surface area contributed by atoms with Crippen molar-refractivity contribution in [3.05, 3.63) is 20.3 Å². The van der Waals surface area contributed by atoms with Gasteiger partial charge < -0.3 is 15.0 Å². The molecule has 98 valence electrons. The summed E-state index contributed by atoms with van der Waals surface area (Å²) < 4.78 is 6.23. The van der Waals surface area contributed by atoms with Crippen molar-refractivity contribution in [1.29, 1.82) is 0 Å². The van der Waals surface area contributed by atoms with E-state index in [1.165, 1.54) is 14.2 Å². The van der Waals surface area contributed by atoms with Crippen molar-refractivity contribution in [2.75, 3.05) is 40.4 Å². The van der Waals surface area contributed by atoms with Crippen LogP contribution in [-0.2, 0) is 11.3 Å². The van der Waals surface area contributed by atoms with Gasteiger partial charge in [-0.15, -0.1) is 11.3 Å². The summed E-state index contributed by atoms with van der Waals surface area (Å²) in [6.45, 7) is 6.91. The molecule has 1 aromatic heterocycles. The molecule has 0 bridgehead atoms. The van der Waals surface area contributed by atoms with Crippen LogP contribution in [0.3, 0.4) is 0 Å². The topological polar surface area (TPSA) is 24.5 Å². The van der Waals surface area contributed by atoms with E-state index in [-0.39, 0.29) is 0 Å². The van der Waals surface area contributed by atoms with Gasteiger partial charge in [0.25, 0.3) is 0 Å². The molecular weight excluding hydrogens is 300 g/mol. The molecule has 1 heterocycles. The molecule has 0 unspecified atom stereocenters. The van der Waals surface area contributed by atoms with Gasteiger partial charge in [0.15, 0.2) is 0 Å². The smallest absolute Gasteiger partial charge is 0.0730 e. The first-order valence-corrected chi connectivity index (χ1v) is 7.37. The van der Waals surface area contributed by atoms with Gasteiger partial charge in [0.2, 0.25) is 0 Å². The van der Waals surface area contributed by atoms with Crippen molar-refractivity contribution in [2.24, 2.45) is 0 Å². The van der Waals surface area contributed by atoms with Crippen LogP contribution in [-0.4, -0.2) is 45.3 Å². The maximum Gasteiger partial charge on any atom is 0.0730 e. The van der Waals surface area contributed by atoms with Crippen LogP contribution in [0.25, 0.3) is 0 Å². The lowest BCUT2D eigenvalue weighted by molar-refractivity contribution is 0.197. The van der Waals surface area contributed by atoms with Crippen molar-refractivity contribution in [2.45, 2.75) is 13.5 Å². The Morgan fingerprint density at radius 3 is 2.82 bits per heavy atom. The Balaban J connectivity index is 2.18. The molecule has 0 atom stereocenters. The summed E-state index contributed by atoms with van der Waals surface area (Å²) in [4.78, 5) is 3.74. The molecular formula is C12H21BrN2OS. The first-order chi connectivity index (χ1) is 8.13. The van der Waals surface area contributed by atoms with Crippen LogP contribution in [0.4, 0.5) is 0 Å². The Kier molecular flexibility index (Phi) is 7.30. The van der Waals surface area contributed by atoms with E-state index in [2.05, 4.69) is 46.2 Å². The number of nitrogens with zero attached hydrogens (tertiary/aromatic N) is 1. The summed E-state index contributed by atoms with van der Waals surface area (Å²) in [5.74, 6) is 0. The summed E-state index contributed by atoms with van der Waals surface area (Å²) >= 11 is 5.39. The van der Waals surface area contributed by atoms with Crippen LogP contribution in [0.2, 0.25) is 0 Å². The Morgan fingerprint density at radius 1 is 1.47 bits per heavy atom. The number of halogens is 1. The third-order valence-corrected chi connectivity index (χ3v) is 4.61. The molecule has 3 nitrogen and oxygen atoms in total. The van der Waals surface area contributed by atoms with E-state index >= 15 is 0 Å². The largest absolute Gasteiger partial charge is 0.383 e. The van der Waals surface area contributed by atoms with Crippen LogP contribution in [0, 0.1) is 6.92 Å². The summed E-state index contributed by atoms with van der Waals surface area (Å²) in [5.41, 5.74) is 1.33. The summed E-state index contributed by atoms with van der Waals surface area (Å²) in [6, 6.07) is 2.25. The fourth-order valence-electron chi connectivity index (χ4n) is 1.52. The van der Waals surface area contributed by atoms with Gasteiger partial charge in [-0.1, -0.05) is 0 Å². The van der Waals surface area contributed by atoms with Crippen LogP contribution >= 0.6 is 27.3 Å². The van der Waals surface area contributed by atoms with E-state index < -0.39 is 0 Å². The van der Waals surface area contributed by atoms with E-state index in [1.807, 2.05) is 11.3 Å². The molecule has 0 aliphatic carbocycles. The van der Waals surface area contributed by atoms with Crippen molar-refractivity contribution in [3.63, 3.8) is 0 Å². The predicted molar refractivity (Wildman–Crippen MR) is 77.8 cm³/mol. The minimum atomic E-state index is 0.779. The highest BCUT2D eigenvalue weighted by molar-refractivity contribution is 9.11. The second-order valence-electron chi connectivity index (χ2n) is 4.15. The van der Waals surface area contributed by atoms with Gasteiger partial charge in [0.1, 0.15) is 0 Å². The molecule has 0 saturated heterocycles.